The Morgan fingerprint density at radius 2 is 2.31 bits per heavy atom. The molecular weight excluding hydrogens is 224 g/mol. The average molecular weight is 240 g/mol. The van der Waals surface area contributed by atoms with E-state index in [-0.39, 0.29) is 12.5 Å². The molecule has 88 valence electrons. The molecule has 1 aromatic rings. The van der Waals surface area contributed by atoms with Crippen LogP contribution in [0.25, 0.3) is 0 Å². The summed E-state index contributed by atoms with van der Waals surface area (Å²) in [5, 5.41) is 11.4. The van der Waals surface area contributed by atoms with Crippen molar-refractivity contribution in [1.82, 2.24) is 0 Å². The van der Waals surface area contributed by atoms with Crippen molar-refractivity contribution < 1.29 is 9.90 Å². The fourth-order valence-electron chi connectivity index (χ4n) is 1.20. The van der Waals surface area contributed by atoms with Gasteiger partial charge in [0.15, 0.2) is 0 Å². The lowest BCUT2D eigenvalue weighted by molar-refractivity contribution is -0.113. The molecule has 16 heavy (non-hydrogen) atoms. The lowest BCUT2D eigenvalue weighted by atomic mass is 10.1. The van der Waals surface area contributed by atoms with Crippen molar-refractivity contribution >= 4 is 29.0 Å². The van der Waals surface area contributed by atoms with Gasteiger partial charge in [-0.1, -0.05) is 6.07 Å². The molecule has 0 saturated carbocycles. The minimum atomic E-state index is -0.0767. The van der Waals surface area contributed by atoms with Gasteiger partial charge in [-0.2, -0.15) is 0 Å². The number of hydrogen-bond acceptors (Lipinski definition) is 4. The number of amides is 1. The lowest BCUT2D eigenvalue weighted by Crippen LogP contribution is -2.15. The van der Waals surface area contributed by atoms with E-state index in [9.17, 15) is 4.79 Å². The molecule has 1 aromatic carbocycles. The molecule has 1 rings (SSSR count). The summed E-state index contributed by atoms with van der Waals surface area (Å²) in [6.07, 6.45) is 0. The zero-order valence-corrected chi connectivity index (χ0v) is 10.0. The van der Waals surface area contributed by atoms with E-state index in [4.69, 9.17) is 10.8 Å². The third kappa shape index (κ3) is 3.75. The second-order valence-electron chi connectivity index (χ2n) is 3.34. The van der Waals surface area contributed by atoms with E-state index in [1.807, 2.05) is 13.0 Å². The van der Waals surface area contributed by atoms with Crippen molar-refractivity contribution in [2.75, 3.05) is 29.2 Å². The molecule has 5 heteroatoms. The van der Waals surface area contributed by atoms with E-state index in [1.54, 1.807) is 12.1 Å². The molecule has 0 aliphatic heterocycles. The molecule has 0 bridgehead atoms. The van der Waals surface area contributed by atoms with Gasteiger partial charge in [0, 0.05) is 17.1 Å². The zero-order chi connectivity index (χ0) is 12.0. The SMILES string of the molecule is Cc1c(N)cccc1NC(=O)CSCCO. The normalized spacial score (nSPS) is 10.1. The van der Waals surface area contributed by atoms with Crippen LogP contribution >= 0.6 is 11.8 Å². The number of nitrogen functional groups attached to an aromatic ring is 1. The summed E-state index contributed by atoms with van der Waals surface area (Å²) in [7, 11) is 0. The maximum atomic E-state index is 11.5. The quantitative estimate of drug-likeness (QED) is 0.534. The van der Waals surface area contributed by atoms with E-state index >= 15 is 0 Å². The lowest BCUT2D eigenvalue weighted by Gasteiger charge is -2.09. The third-order valence-corrected chi connectivity index (χ3v) is 3.06. The molecule has 0 aromatic heterocycles. The molecule has 4 N–H and O–H groups in total. The molecule has 0 aliphatic rings. The van der Waals surface area contributed by atoms with E-state index in [0.29, 0.717) is 17.2 Å². The maximum Gasteiger partial charge on any atom is 0.234 e. The fraction of sp³-hybridized carbons (Fsp3) is 0.364. The largest absolute Gasteiger partial charge is 0.398 e. The van der Waals surface area contributed by atoms with Crippen LogP contribution in [0.1, 0.15) is 5.56 Å². The van der Waals surface area contributed by atoms with Gasteiger partial charge in [-0.05, 0) is 24.6 Å². The Morgan fingerprint density at radius 3 is 3.00 bits per heavy atom. The maximum absolute atomic E-state index is 11.5. The highest BCUT2D eigenvalue weighted by molar-refractivity contribution is 7.99. The van der Waals surface area contributed by atoms with Crippen molar-refractivity contribution in [3.8, 4) is 0 Å². The highest BCUT2D eigenvalue weighted by Crippen LogP contribution is 2.20. The van der Waals surface area contributed by atoms with Crippen molar-refractivity contribution in [1.29, 1.82) is 0 Å². The molecule has 4 nitrogen and oxygen atoms in total. The summed E-state index contributed by atoms with van der Waals surface area (Å²) in [5.41, 5.74) is 8.02. The van der Waals surface area contributed by atoms with E-state index in [2.05, 4.69) is 5.32 Å². The number of nitrogens with two attached hydrogens (primary N) is 1. The number of aliphatic hydroxyl groups is 1. The Hall–Kier alpha value is -1.20. The van der Waals surface area contributed by atoms with Crippen LogP contribution in [-0.4, -0.2) is 29.1 Å². The Bertz CT molecular complexity index is 369. The number of nitrogens with one attached hydrogen (secondary N) is 1. The summed E-state index contributed by atoms with van der Waals surface area (Å²) in [4.78, 5) is 11.5. The van der Waals surface area contributed by atoms with Gasteiger partial charge in [-0.25, -0.2) is 0 Å². The van der Waals surface area contributed by atoms with Crippen LogP contribution < -0.4 is 11.1 Å². The van der Waals surface area contributed by atoms with Crippen LogP contribution in [-0.2, 0) is 4.79 Å². The van der Waals surface area contributed by atoms with E-state index < -0.39 is 0 Å². The van der Waals surface area contributed by atoms with Gasteiger partial charge in [0.25, 0.3) is 0 Å². The molecule has 0 saturated heterocycles. The van der Waals surface area contributed by atoms with Gasteiger partial charge < -0.3 is 16.2 Å². The summed E-state index contributed by atoms with van der Waals surface area (Å²) < 4.78 is 0. The number of aliphatic hydroxyl groups excluding tert-OH is 1. The number of carbonyl (C=O) groups is 1. The first-order valence-corrected chi connectivity index (χ1v) is 6.14. The first-order valence-electron chi connectivity index (χ1n) is 4.98. The number of hydrogen-bond donors (Lipinski definition) is 3. The second kappa shape index (κ2) is 6.40. The van der Waals surface area contributed by atoms with Crippen LogP contribution in [0.3, 0.4) is 0 Å². The van der Waals surface area contributed by atoms with Crippen LogP contribution in [0.4, 0.5) is 11.4 Å². The van der Waals surface area contributed by atoms with Gasteiger partial charge in [0.2, 0.25) is 5.91 Å². The van der Waals surface area contributed by atoms with Crippen LogP contribution in [0.15, 0.2) is 18.2 Å². The average Bonchev–Trinajstić information content (AvgIpc) is 2.25. The monoisotopic (exact) mass is 240 g/mol. The molecule has 0 radical (unpaired) electrons. The summed E-state index contributed by atoms with van der Waals surface area (Å²) >= 11 is 1.40. The standard InChI is InChI=1S/C11H16N2O2S/c1-8-9(12)3-2-4-10(8)13-11(15)7-16-6-5-14/h2-4,14H,5-7,12H2,1H3,(H,13,15). The topological polar surface area (TPSA) is 75.3 Å². The summed E-state index contributed by atoms with van der Waals surface area (Å²) in [5.74, 6) is 0.838. The predicted octanol–water partition coefficient (Wildman–Crippen LogP) is 1.24. The fourth-order valence-corrected chi connectivity index (χ4v) is 1.74. The number of benzene rings is 1. The molecule has 0 atom stereocenters. The van der Waals surface area contributed by atoms with Gasteiger partial charge in [-0.15, -0.1) is 11.8 Å². The van der Waals surface area contributed by atoms with Crippen molar-refractivity contribution in [2.45, 2.75) is 6.92 Å². The molecule has 1 amide bonds. The Labute approximate surface area is 99.2 Å². The smallest absolute Gasteiger partial charge is 0.234 e. The second-order valence-corrected chi connectivity index (χ2v) is 4.45. The van der Waals surface area contributed by atoms with Crippen molar-refractivity contribution in [3.05, 3.63) is 23.8 Å². The number of anilines is 2. The van der Waals surface area contributed by atoms with Crippen molar-refractivity contribution in [3.63, 3.8) is 0 Å². The van der Waals surface area contributed by atoms with Gasteiger partial charge in [-0.3, -0.25) is 4.79 Å². The zero-order valence-electron chi connectivity index (χ0n) is 9.19. The molecule has 0 aliphatic carbocycles. The van der Waals surface area contributed by atoms with Crippen LogP contribution in [0.5, 0.6) is 0 Å². The van der Waals surface area contributed by atoms with Gasteiger partial charge >= 0.3 is 0 Å². The van der Waals surface area contributed by atoms with E-state index in [0.717, 1.165) is 11.3 Å². The Balaban J connectivity index is 2.53. The van der Waals surface area contributed by atoms with Gasteiger partial charge in [0.1, 0.15) is 0 Å². The predicted molar refractivity (Wildman–Crippen MR) is 68.6 cm³/mol. The number of rotatable bonds is 5. The highest BCUT2D eigenvalue weighted by atomic mass is 32.2. The molecule has 0 spiro atoms. The highest BCUT2D eigenvalue weighted by Gasteiger charge is 2.05. The first kappa shape index (κ1) is 12.9. The molecular formula is C11H16N2O2S. The van der Waals surface area contributed by atoms with Crippen molar-refractivity contribution in [2.24, 2.45) is 0 Å². The third-order valence-electron chi connectivity index (χ3n) is 2.12. The Kier molecular flexibility index (Phi) is 5.14. The molecule has 0 fully saturated rings. The van der Waals surface area contributed by atoms with Crippen LogP contribution in [0.2, 0.25) is 0 Å². The summed E-state index contributed by atoms with van der Waals surface area (Å²) in [6.45, 7) is 1.96. The minimum Gasteiger partial charge on any atom is -0.398 e. The van der Waals surface area contributed by atoms with Gasteiger partial charge in [0.05, 0.1) is 12.4 Å². The number of carbonyl (C=O) groups excluding carboxylic acids is 1. The van der Waals surface area contributed by atoms with Crippen LogP contribution in [0, 0.1) is 6.92 Å². The first-order chi connectivity index (χ1) is 7.65. The minimum absolute atomic E-state index is 0.0767. The molecule has 0 heterocycles. The Morgan fingerprint density at radius 1 is 1.56 bits per heavy atom. The molecule has 0 unspecified atom stereocenters. The van der Waals surface area contributed by atoms with E-state index in [1.165, 1.54) is 11.8 Å². The number of thioether (sulfide) groups is 1. The summed E-state index contributed by atoms with van der Waals surface area (Å²) in [6, 6.07) is 5.42.